The zero-order valence-electron chi connectivity index (χ0n) is 12.0. The van der Waals surface area contributed by atoms with Crippen molar-refractivity contribution in [1.82, 2.24) is 19.8 Å². The average molecular weight is 312 g/mol. The van der Waals surface area contributed by atoms with Crippen molar-refractivity contribution in [3.05, 3.63) is 10.6 Å². The van der Waals surface area contributed by atoms with Gasteiger partial charge in [0, 0.05) is 19.6 Å². The highest BCUT2D eigenvalue weighted by Crippen LogP contribution is 2.21. The number of aryl methyl sites for hydroxylation is 1. The molecule has 2 rings (SSSR count). The molecule has 0 bridgehead atoms. The van der Waals surface area contributed by atoms with Crippen LogP contribution in [0, 0.1) is 5.92 Å². The van der Waals surface area contributed by atoms with Crippen LogP contribution in [0.2, 0.25) is 0 Å². The molecule has 0 aliphatic carbocycles. The van der Waals surface area contributed by atoms with E-state index in [-0.39, 0.29) is 12.5 Å². The fraction of sp³-hybridized carbons (Fsp3) is 0.692. The maximum Gasteiger partial charge on any atom is 0.317 e. The molecule has 0 radical (unpaired) electrons. The molecule has 0 aromatic carbocycles. The summed E-state index contributed by atoms with van der Waals surface area (Å²) in [7, 11) is 0. The number of rotatable bonds is 6. The first-order valence-electron chi connectivity index (χ1n) is 7.14. The minimum absolute atomic E-state index is 0.00443. The van der Waals surface area contributed by atoms with Gasteiger partial charge in [0.05, 0.1) is 12.2 Å². The Labute approximate surface area is 127 Å². The highest BCUT2D eigenvalue weighted by molar-refractivity contribution is 7.08. The van der Waals surface area contributed by atoms with E-state index in [0.717, 1.165) is 36.6 Å². The molecule has 1 aliphatic rings. The summed E-state index contributed by atoms with van der Waals surface area (Å²) in [6.45, 7) is 3.95. The molecule has 7 nitrogen and oxygen atoms in total. The van der Waals surface area contributed by atoms with Crippen LogP contribution in [0.3, 0.4) is 0 Å². The molecule has 0 saturated carbocycles. The lowest BCUT2D eigenvalue weighted by Crippen LogP contribution is -2.43. The molecule has 1 aliphatic heterocycles. The van der Waals surface area contributed by atoms with Gasteiger partial charge in [0.25, 0.3) is 5.91 Å². The van der Waals surface area contributed by atoms with Gasteiger partial charge in [-0.3, -0.25) is 9.59 Å². The van der Waals surface area contributed by atoms with Crippen molar-refractivity contribution in [3.8, 4) is 0 Å². The number of piperidine rings is 1. The van der Waals surface area contributed by atoms with Crippen LogP contribution >= 0.6 is 11.5 Å². The van der Waals surface area contributed by atoms with Gasteiger partial charge in [0.1, 0.15) is 4.88 Å². The van der Waals surface area contributed by atoms with Crippen LogP contribution in [0.15, 0.2) is 0 Å². The second kappa shape index (κ2) is 7.46. The standard InChI is InChI=1S/C13H20N4O3S/c1-2-10-12(21-16-15-10)13(20)17-5-3-4-9(8-17)6-14-7-11(18)19/h9,14H,2-8H2,1H3,(H,18,19). The van der Waals surface area contributed by atoms with E-state index in [1.165, 1.54) is 0 Å². The number of hydrogen-bond donors (Lipinski definition) is 2. The van der Waals surface area contributed by atoms with E-state index in [0.29, 0.717) is 30.3 Å². The smallest absolute Gasteiger partial charge is 0.317 e. The average Bonchev–Trinajstić information content (AvgIpc) is 2.95. The van der Waals surface area contributed by atoms with Gasteiger partial charge in [-0.05, 0) is 36.7 Å². The number of carbonyl (C=O) groups excluding carboxylic acids is 1. The number of carboxylic acids is 1. The number of carboxylic acid groups (broad SMARTS) is 1. The third kappa shape index (κ3) is 4.21. The molecule has 0 spiro atoms. The topological polar surface area (TPSA) is 95.4 Å². The molecule has 116 valence electrons. The molecule has 1 atom stereocenters. The summed E-state index contributed by atoms with van der Waals surface area (Å²) in [5.74, 6) is -0.556. The van der Waals surface area contributed by atoms with E-state index >= 15 is 0 Å². The normalized spacial score (nSPS) is 18.7. The molecule has 1 fully saturated rings. The van der Waals surface area contributed by atoms with Gasteiger partial charge >= 0.3 is 5.97 Å². The van der Waals surface area contributed by atoms with Crippen LogP contribution in [0.5, 0.6) is 0 Å². The Morgan fingerprint density at radius 1 is 1.52 bits per heavy atom. The summed E-state index contributed by atoms with van der Waals surface area (Å²) in [5, 5.41) is 15.5. The first kappa shape index (κ1) is 15.8. The number of aliphatic carboxylic acids is 1. The lowest BCUT2D eigenvalue weighted by Gasteiger charge is -2.32. The highest BCUT2D eigenvalue weighted by Gasteiger charge is 2.27. The van der Waals surface area contributed by atoms with Crippen molar-refractivity contribution < 1.29 is 14.7 Å². The molecular formula is C13H20N4O3S. The maximum atomic E-state index is 12.5. The quantitative estimate of drug-likeness (QED) is 0.800. The summed E-state index contributed by atoms with van der Waals surface area (Å²) in [5.41, 5.74) is 0.760. The number of nitrogens with zero attached hydrogens (tertiary/aromatic N) is 3. The van der Waals surface area contributed by atoms with E-state index < -0.39 is 5.97 Å². The number of likely N-dealkylation sites (tertiary alicyclic amines) is 1. The SMILES string of the molecule is CCc1nnsc1C(=O)N1CCCC(CNCC(=O)O)C1. The van der Waals surface area contributed by atoms with Crippen LogP contribution in [0.4, 0.5) is 0 Å². The number of carbonyl (C=O) groups is 2. The Bertz CT molecular complexity index is 505. The van der Waals surface area contributed by atoms with Crippen LogP contribution < -0.4 is 5.32 Å². The number of aromatic nitrogens is 2. The van der Waals surface area contributed by atoms with Crippen LogP contribution in [0.25, 0.3) is 0 Å². The Hall–Kier alpha value is -1.54. The number of hydrogen-bond acceptors (Lipinski definition) is 6. The number of amides is 1. The molecule has 1 unspecified atom stereocenters. The minimum atomic E-state index is -0.859. The van der Waals surface area contributed by atoms with Gasteiger partial charge in [-0.1, -0.05) is 11.4 Å². The summed E-state index contributed by atoms with van der Waals surface area (Å²) in [6, 6.07) is 0. The Balaban J connectivity index is 1.91. The Morgan fingerprint density at radius 3 is 3.05 bits per heavy atom. The molecule has 1 saturated heterocycles. The molecule has 2 N–H and O–H groups in total. The van der Waals surface area contributed by atoms with E-state index in [9.17, 15) is 9.59 Å². The van der Waals surface area contributed by atoms with Gasteiger partial charge in [-0.15, -0.1) is 5.10 Å². The minimum Gasteiger partial charge on any atom is -0.480 e. The second-order valence-electron chi connectivity index (χ2n) is 5.19. The molecule has 2 heterocycles. The van der Waals surface area contributed by atoms with Crippen molar-refractivity contribution >= 4 is 23.4 Å². The molecule has 1 amide bonds. The first-order valence-corrected chi connectivity index (χ1v) is 7.92. The van der Waals surface area contributed by atoms with Gasteiger partial charge < -0.3 is 15.3 Å². The van der Waals surface area contributed by atoms with E-state index in [1.54, 1.807) is 0 Å². The van der Waals surface area contributed by atoms with Crippen LogP contribution in [-0.2, 0) is 11.2 Å². The first-order chi connectivity index (χ1) is 10.1. The summed E-state index contributed by atoms with van der Waals surface area (Å²) < 4.78 is 3.86. The largest absolute Gasteiger partial charge is 0.480 e. The van der Waals surface area contributed by atoms with E-state index in [4.69, 9.17) is 5.11 Å². The maximum absolute atomic E-state index is 12.5. The van der Waals surface area contributed by atoms with Gasteiger partial charge in [0.2, 0.25) is 0 Å². The molecular weight excluding hydrogens is 292 g/mol. The second-order valence-corrected chi connectivity index (χ2v) is 5.94. The van der Waals surface area contributed by atoms with Crippen molar-refractivity contribution in [2.75, 3.05) is 26.2 Å². The third-order valence-electron chi connectivity index (χ3n) is 3.60. The Morgan fingerprint density at radius 2 is 2.33 bits per heavy atom. The zero-order chi connectivity index (χ0) is 15.2. The summed E-state index contributed by atoms with van der Waals surface area (Å²) in [6.07, 6.45) is 2.66. The van der Waals surface area contributed by atoms with Crippen molar-refractivity contribution in [1.29, 1.82) is 0 Å². The summed E-state index contributed by atoms with van der Waals surface area (Å²) >= 11 is 1.15. The lowest BCUT2D eigenvalue weighted by molar-refractivity contribution is -0.136. The fourth-order valence-corrected chi connectivity index (χ4v) is 3.26. The number of nitrogens with one attached hydrogen (secondary N) is 1. The molecule has 21 heavy (non-hydrogen) atoms. The van der Waals surface area contributed by atoms with Crippen LogP contribution in [0.1, 0.15) is 35.1 Å². The molecule has 8 heteroatoms. The molecule has 1 aromatic rings. The fourth-order valence-electron chi connectivity index (χ4n) is 2.55. The van der Waals surface area contributed by atoms with E-state index in [2.05, 4.69) is 14.9 Å². The predicted octanol–water partition coefficient (Wildman–Crippen LogP) is 0.627. The predicted molar refractivity (Wildman–Crippen MR) is 78.4 cm³/mol. The monoisotopic (exact) mass is 312 g/mol. The van der Waals surface area contributed by atoms with Gasteiger partial charge in [0.15, 0.2) is 0 Å². The van der Waals surface area contributed by atoms with E-state index in [1.807, 2.05) is 11.8 Å². The van der Waals surface area contributed by atoms with Crippen molar-refractivity contribution in [2.24, 2.45) is 5.92 Å². The zero-order valence-corrected chi connectivity index (χ0v) is 12.9. The van der Waals surface area contributed by atoms with Crippen LogP contribution in [-0.4, -0.2) is 57.6 Å². The van der Waals surface area contributed by atoms with Gasteiger partial charge in [-0.25, -0.2) is 0 Å². The lowest BCUT2D eigenvalue weighted by atomic mass is 9.97. The highest BCUT2D eigenvalue weighted by atomic mass is 32.1. The van der Waals surface area contributed by atoms with Gasteiger partial charge in [-0.2, -0.15) is 0 Å². The Kier molecular flexibility index (Phi) is 5.63. The third-order valence-corrected chi connectivity index (χ3v) is 4.36. The van der Waals surface area contributed by atoms with Crippen molar-refractivity contribution in [2.45, 2.75) is 26.2 Å². The summed E-state index contributed by atoms with van der Waals surface area (Å²) in [4.78, 5) is 25.5. The molecule has 1 aromatic heterocycles. The van der Waals surface area contributed by atoms with Crippen molar-refractivity contribution in [3.63, 3.8) is 0 Å².